The van der Waals surface area contributed by atoms with Crippen molar-refractivity contribution in [1.82, 2.24) is 15.6 Å². The lowest BCUT2D eigenvalue weighted by atomic mass is 10.2. The normalized spacial score (nSPS) is 16.1. The molecule has 27 heavy (non-hydrogen) atoms. The van der Waals surface area contributed by atoms with Crippen LogP contribution in [-0.2, 0) is 11.3 Å². The van der Waals surface area contributed by atoms with Crippen LogP contribution < -0.4 is 25.0 Å². The molecule has 2 aromatic rings. The van der Waals surface area contributed by atoms with Crippen LogP contribution in [0.25, 0.3) is 0 Å². The molecule has 1 aliphatic heterocycles. The van der Waals surface area contributed by atoms with Gasteiger partial charge in [-0.1, -0.05) is 6.07 Å². The number of aromatic nitrogens is 1. The van der Waals surface area contributed by atoms with Gasteiger partial charge in [-0.2, -0.15) is 0 Å². The summed E-state index contributed by atoms with van der Waals surface area (Å²) in [6.45, 7) is 0.720. The van der Waals surface area contributed by atoms with Crippen molar-refractivity contribution in [2.45, 2.75) is 19.0 Å². The summed E-state index contributed by atoms with van der Waals surface area (Å²) >= 11 is 0. The highest BCUT2D eigenvalue weighted by molar-refractivity contribution is 5.97. The van der Waals surface area contributed by atoms with Crippen molar-refractivity contribution >= 4 is 17.6 Å². The largest absolute Gasteiger partial charge is 0.493 e. The Hall–Kier alpha value is -3.29. The summed E-state index contributed by atoms with van der Waals surface area (Å²) in [5, 5.41) is 5.58. The maximum atomic E-state index is 12.4. The Balaban J connectivity index is 1.58. The number of urea groups is 1. The van der Waals surface area contributed by atoms with E-state index in [1.165, 1.54) is 0 Å². The second-order valence-corrected chi connectivity index (χ2v) is 6.09. The van der Waals surface area contributed by atoms with Crippen LogP contribution in [0.3, 0.4) is 0 Å². The van der Waals surface area contributed by atoms with Crippen LogP contribution in [0.4, 0.5) is 10.5 Å². The first-order valence-electron chi connectivity index (χ1n) is 8.57. The number of nitrogens with one attached hydrogen (secondary N) is 2. The number of methoxy groups -OCH3 is 2. The van der Waals surface area contributed by atoms with Crippen LogP contribution in [0, 0.1) is 0 Å². The third-order valence-electron chi connectivity index (χ3n) is 4.30. The number of rotatable bonds is 6. The van der Waals surface area contributed by atoms with Crippen molar-refractivity contribution in [3.63, 3.8) is 0 Å². The van der Waals surface area contributed by atoms with Crippen molar-refractivity contribution in [3.05, 3.63) is 48.3 Å². The summed E-state index contributed by atoms with van der Waals surface area (Å²) in [6.07, 6.45) is 1.91. The molecule has 8 nitrogen and oxygen atoms in total. The SMILES string of the molecule is COc1ccc(N2CC(NC(=O)NCc3ccccn3)CC2=O)cc1OC. The lowest BCUT2D eigenvalue weighted by Crippen LogP contribution is -2.43. The van der Waals surface area contributed by atoms with E-state index in [2.05, 4.69) is 15.6 Å². The molecule has 2 N–H and O–H groups in total. The molecule has 1 aromatic carbocycles. The van der Waals surface area contributed by atoms with E-state index < -0.39 is 0 Å². The van der Waals surface area contributed by atoms with Gasteiger partial charge in [0.15, 0.2) is 11.5 Å². The molecule has 1 unspecified atom stereocenters. The molecule has 1 aliphatic rings. The van der Waals surface area contributed by atoms with Gasteiger partial charge in [0.2, 0.25) is 5.91 Å². The molecule has 0 radical (unpaired) electrons. The van der Waals surface area contributed by atoms with Gasteiger partial charge in [-0.25, -0.2) is 4.79 Å². The van der Waals surface area contributed by atoms with Gasteiger partial charge < -0.3 is 25.0 Å². The molecule has 1 fully saturated rings. The number of nitrogens with zero attached hydrogens (tertiary/aromatic N) is 2. The fraction of sp³-hybridized carbons (Fsp3) is 0.316. The topological polar surface area (TPSA) is 92.8 Å². The number of hydrogen-bond acceptors (Lipinski definition) is 5. The second-order valence-electron chi connectivity index (χ2n) is 6.09. The zero-order valence-corrected chi connectivity index (χ0v) is 15.3. The number of ether oxygens (including phenoxy) is 2. The molecule has 0 spiro atoms. The molecule has 2 heterocycles. The van der Waals surface area contributed by atoms with Gasteiger partial charge >= 0.3 is 6.03 Å². The molecule has 1 atom stereocenters. The Labute approximate surface area is 157 Å². The number of carbonyl (C=O) groups excluding carboxylic acids is 2. The van der Waals surface area contributed by atoms with Gasteiger partial charge in [0.1, 0.15) is 0 Å². The van der Waals surface area contributed by atoms with Crippen LogP contribution in [0.15, 0.2) is 42.6 Å². The smallest absolute Gasteiger partial charge is 0.315 e. The van der Waals surface area contributed by atoms with Gasteiger partial charge in [-0.05, 0) is 24.3 Å². The molecule has 0 aliphatic carbocycles. The molecule has 8 heteroatoms. The fourth-order valence-corrected chi connectivity index (χ4v) is 2.96. The Kier molecular flexibility index (Phi) is 5.75. The Morgan fingerprint density at radius 3 is 2.74 bits per heavy atom. The van der Waals surface area contributed by atoms with E-state index in [4.69, 9.17) is 9.47 Å². The highest BCUT2D eigenvalue weighted by Crippen LogP contribution is 2.33. The van der Waals surface area contributed by atoms with Crippen LogP contribution in [-0.4, -0.2) is 43.7 Å². The summed E-state index contributed by atoms with van der Waals surface area (Å²) in [5.74, 6) is 1.08. The molecule has 3 rings (SSSR count). The lowest BCUT2D eigenvalue weighted by molar-refractivity contribution is -0.117. The number of amides is 3. The van der Waals surface area contributed by atoms with Crippen molar-refractivity contribution < 1.29 is 19.1 Å². The molecule has 3 amide bonds. The van der Waals surface area contributed by atoms with Crippen molar-refractivity contribution in [2.24, 2.45) is 0 Å². The monoisotopic (exact) mass is 370 g/mol. The molecule has 0 bridgehead atoms. The predicted molar refractivity (Wildman–Crippen MR) is 99.9 cm³/mol. The van der Waals surface area contributed by atoms with Crippen molar-refractivity contribution in [2.75, 3.05) is 25.7 Å². The van der Waals surface area contributed by atoms with Crippen LogP contribution >= 0.6 is 0 Å². The van der Waals surface area contributed by atoms with Gasteiger partial charge in [0.05, 0.1) is 32.5 Å². The predicted octanol–water partition coefficient (Wildman–Crippen LogP) is 1.70. The van der Waals surface area contributed by atoms with E-state index in [-0.39, 0.29) is 24.4 Å². The van der Waals surface area contributed by atoms with Gasteiger partial charge in [-0.15, -0.1) is 0 Å². The molecule has 142 valence electrons. The van der Waals surface area contributed by atoms with Crippen LogP contribution in [0.5, 0.6) is 11.5 Å². The first kappa shape index (κ1) is 18.5. The second kappa shape index (κ2) is 8.39. The number of anilines is 1. The van der Waals surface area contributed by atoms with E-state index in [1.54, 1.807) is 43.5 Å². The number of benzene rings is 1. The van der Waals surface area contributed by atoms with Crippen molar-refractivity contribution in [3.8, 4) is 11.5 Å². The zero-order valence-electron chi connectivity index (χ0n) is 15.3. The third kappa shape index (κ3) is 4.46. The average molecular weight is 370 g/mol. The quantitative estimate of drug-likeness (QED) is 0.807. The first-order valence-corrected chi connectivity index (χ1v) is 8.57. The Bertz CT molecular complexity index is 813. The third-order valence-corrected chi connectivity index (χ3v) is 4.30. The minimum atomic E-state index is -0.326. The number of pyridine rings is 1. The molecule has 1 saturated heterocycles. The standard InChI is InChI=1S/C19H22N4O4/c1-26-16-7-6-15(10-17(16)27-2)23-12-14(9-18(23)24)22-19(25)21-11-13-5-3-4-8-20-13/h3-8,10,14H,9,11-12H2,1-2H3,(H2,21,22,25). The molecule has 0 saturated carbocycles. The zero-order chi connectivity index (χ0) is 19.2. The van der Waals surface area contributed by atoms with Crippen LogP contribution in [0.1, 0.15) is 12.1 Å². The van der Waals surface area contributed by atoms with E-state index in [0.717, 1.165) is 5.69 Å². The number of carbonyl (C=O) groups is 2. The van der Waals surface area contributed by atoms with Gasteiger partial charge in [0, 0.05) is 30.9 Å². The molecule has 1 aromatic heterocycles. The summed E-state index contributed by atoms with van der Waals surface area (Å²) < 4.78 is 10.5. The van der Waals surface area contributed by atoms with E-state index >= 15 is 0 Å². The molecular weight excluding hydrogens is 348 g/mol. The first-order chi connectivity index (χ1) is 13.1. The minimum Gasteiger partial charge on any atom is -0.493 e. The van der Waals surface area contributed by atoms with Gasteiger partial charge in [-0.3, -0.25) is 9.78 Å². The van der Waals surface area contributed by atoms with Crippen LogP contribution in [0.2, 0.25) is 0 Å². The molecular formula is C19H22N4O4. The summed E-state index contributed by atoms with van der Waals surface area (Å²) in [6, 6.07) is 10.2. The Morgan fingerprint density at radius 1 is 1.22 bits per heavy atom. The van der Waals surface area contributed by atoms with E-state index in [9.17, 15) is 9.59 Å². The minimum absolute atomic E-state index is 0.0581. The summed E-state index contributed by atoms with van der Waals surface area (Å²) in [4.78, 5) is 30.2. The number of hydrogen-bond donors (Lipinski definition) is 2. The summed E-state index contributed by atoms with van der Waals surface area (Å²) in [5.41, 5.74) is 1.47. The average Bonchev–Trinajstić information content (AvgIpc) is 3.06. The van der Waals surface area contributed by atoms with Crippen molar-refractivity contribution in [1.29, 1.82) is 0 Å². The maximum absolute atomic E-state index is 12.4. The highest BCUT2D eigenvalue weighted by atomic mass is 16.5. The van der Waals surface area contributed by atoms with E-state index in [0.29, 0.717) is 30.3 Å². The van der Waals surface area contributed by atoms with Gasteiger partial charge in [0.25, 0.3) is 0 Å². The lowest BCUT2D eigenvalue weighted by Gasteiger charge is -2.19. The van der Waals surface area contributed by atoms with E-state index in [1.807, 2.05) is 18.2 Å². The summed E-state index contributed by atoms with van der Waals surface area (Å²) in [7, 11) is 3.10. The highest BCUT2D eigenvalue weighted by Gasteiger charge is 2.32. The Morgan fingerprint density at radius 2 is 2.04 bits per heavy atom. The fourth-order valence-electron chi connectivity index (χ4n) is 2.96. The maximum Gasteiger partial charge on any atom is 0.315 e.